The standard InChI is InChI=1S/C15H19N5/c1-12-17-6-8-20(12)14-10-16-9-13(18-14)19-7-2-3-15(11-19)4-5-15/h6,8-10H,2-5,7,11H2,1H3. The molecule has 1 saturated heterocycles. The summed E-state index contributed by atoms with van der Waals surface area (Å²) >= 11 is 0. The number of rotatable bonds is 2. The zero-order valence-corrected chi connectivity index (χ0v) is 11.8. The van der Waals surface area contributed by atoms with Crippen LogP contribution in [0.4, 0.5) is 5.82 Å². The van der Waals surface area contributed by atoms with Crippen molar-refractivity contribution in [3.63, 3.8) is 0 Å². The fourth-order valence-electron chi connectivity index (χ4n) is 3.22. The maximum atomic E-state index is 4.78. The lowest BCUT2D eigenvalue weighted by molar-refractivity contribution is 0.393. The van der Waals surface area contributed by atoms with Crippen molar-refractivity contribution < 1.29 is 0 Å². The first kappa shape index (κ1) is 11.9. The molecule has 0 amide bonds. The summed E-state index contributed by atoms with van der Waals surface area (Å²) in [5, 5.41) is 0. The fourth-order valence-corrected chi connectivity index (χ4v) is 3.22. The van der Waals surface area contributed by atoms with Gasteiger partial charge in [0.25, 0.3) is 0 Å². The Bertz CT molecular complexity index is 629. The third kappa shape index (κ3) is 1.97. The van der Waals surface area contributed by atoms with Gasteiger partial charge in [-0.1, -0.05) is 0 Å². The molecule has 0 bridgehead atoms. The molecule has 0 atom stereocenters. The lowest BCUT2D eigenvalue weighted by atomic mass is 9.95. The predicted octanol–water partition coefficient (Wildman–Crippen LogP) is 2.35. The van der Waals surface area contributed by atoms with Crippen molar-refractivity contribution in [3.05, 3.63) is 30.6 Å². The molecule has 1 saturated carbocycles. The minimum atomic E-state index is 0.598. The van der Waals surface area contributed by atoms with Gasteiger partial charge in [-0.15, -0.1) is 0 Å². The average molecular weight is 269 g/mol. The number of anilines is 1. The van der Waals surface area contributed by atoms with E-state index in [4.69, 9.17) is 4.98 Å². The van der Waals surface area contributed by atoms with Crippen molar-refractivity contribution in [1.82, 2.24) is 19.5 Å². The molecule has 3 heterocycles. The van der Waals surface area contributed by atoms with Gasteiger partial charge in [0.15, 0.2) is 5.82 Å². The van der Waals surface area contributed by atoms with E-state index in [0.29, 0.717) is 5.41 Å². The van der Waals surface area contributed by atoms with Crippen molar-refractivity contribution in [2.24, 2.45) is 5.41 Å². The van der Waals surface area contributed by atoms with E-state index in [1.807, 2.05) is 23.9 Å². The first-order chi connectivity index (χ1) is 9.76. The zero-order chi connectivity index (χ0) is 13.6. The quantitative estimate of drug-likeness (QED) is 0.839. The normalized spacial score (nSPS) is 20.4. The molecule has 104 valence electrons. The number of nitrogens with zero attached hydrogens (tertiary/aromatic N) is 5. The Labute approximate surface area is 118 Å². The zero-order valence-electron chi connectivity index (χ0n) is 11.8. The summed E-state index contributed by atoms with van der Waals surface area (Å²) in [4.78, 5) is 15.8. The van der Waals surface area contributed by atoms with Gasteiger partial charge in [-0.25, -0.2) is 9.97 Å². The summed E-state index contributed by atoms with van der Waals surface area (Å²) in [7, 11) is 0. The Hall–Kier alpha value is -1.91. The second-order valence-electron chi connectivity index (χ2n) is 6.11. The molecule has 1 spiro atoms. The molecule has 5 heteroatoms. The van der Waals surface area contributed by atoms with E-state index in [1.165, 1.54) is 25.7 Å². The SMILES string of the molecule is Cc1nccn1-c1cncc(N2CCCC3(CC3)C2)n1. The van der Waals surface area contributed by atoms with Gasteiger partial charge in [-0.2, -0.15) is 0 Å². The number of piperidine rings is 1. The first-order valence-electron chi connectivity index (χ1n) is 7.33. The molecule has 2 aromatic heterocycles. The van der Waals surface area contributed by atoms with Crippen molar-refractivity contribution >= 4 is 5.82 Å². The molecule has 20 heavy (non-hydrogen) atoms. The van der Waals surface area contributed by atoms with Crippen LogP contribution in [0.1, 0.15) is 31.5 Å². The Kier molecular flexibility index (Phi) is 2.55. The van der Waals surface area contributed by atoms with E-state index in [-0.39, 0.29) is 0 Å². The van der Waals surface area contributed by atoms with Gasteiger partial charge in [0.1, 0.15) is 11.6 Å². The van der Waals surface area contributed by atoms with Crippen LogP contribution in [0.25, 0.3) is 5.82 Å². The van der Waals surface area contributed by atoms with Gasteiger partial charge in [0, 0.05) is 25.5 Å². The number of imidazole rings is 1. The van der Waals surface area contributed by atoms with Crippen molar-refractivity contribution in [1.29, 1.82) is 0 Å². The molecular weight excluding hydrogens is 250 g/mol. The summed E-state index contributed by atoms with van der Waals surface area (Å²) in [6, 6.07) is 0. The van der Waals surface area contributed by atoms with Gasteiger partial charge < -0.3 is 4.90 Å². The molecule has 2 fully saturated rings. The highest BCUT2D eigenvalue weighted by molar-refractivity contribution is 5.41. The second-order valence-corrected chi connectivity index (χ2v) is 6.11. The third-order valence-corrected chi connectivity index (χ3v) is 4.62. The lowest BCUT2D eigenvalue weighted by Gasteiger charge is -2.33. The third-order valence-electron chi connectivity index (χ3n) is 4.62. The smallest absolute Gasteiger partial charge is 0.159 e. The predicted molar refractivity (Wildman–Crippen MR) is 77.0 cm³/mol. The van der Waals surface area contributed by atoms with Crippen LogP contribution in [0.5, 0.6) is 0 Å². The molecule has 4 rings (SSSR count). The summed E-state index contributed by atoms with van der Waals surface area (Å²) < 4.78 is 1.98. The van der Waals surface area contributed by atoms with E-state index in [1.54, 1.807) is 12.4 Å². The molecule has 5 nitrogen and oxygen atoms in total. The Morgan fingerprint density at radius 1 is 1.15 bits per heavy atom. The summed E-state index contributed by atoms with van der Waals surface area (Å²) in [5.74, 6) is 2.79. The molecular formula is C15H19N5. The highest BCUT2D eigenvalue weighted by Gasteiger charge is 2.45. The van der Waals surface area contributed by atoms with Gasteiger partial charge in [-0.3, -0.25) is 9.55 Å². The van der Waals surface area contributed by atoms with E-state index in [2.05, 4.69) is 14.9 Å². The van der Waals surface area contributed by atoms with Gasteiger partial charge in [-0.05, 0) is 38.0 Å². The molecule has 0 radical (unpaired) electrons. The van der Waals surface area contributed by atoms with Crippen LogP contribution < -0.4 is 4.90 Å². The molecule has 0 unspecified atom stereocenters. The maximum Gasteiger partial charge on any atom is 0.159 e. The summed E-state index contributed by atoms with van der Waals surface area (Å²) in [6.45, 7) is 4.23. The number of hydrogen-bond donors (Lipinski definition) is 0. The average Bonchev–Trinajstić information content (AvgIpc) is 3.07. The van der Waals surface area contributed by atoms with Gasteiger partial charge in [0.05, 0.1) is 12.4 Å². The van der Waals surface area contributed by atoms with E-state index in [0.717, 1.165) is 30.5 Å². The number of hydrogen-bond acceptors (Lipinski definition) is 4. The molecule has 0 aromatic carbocycles. The van der Waals surface area contributed by atoms with Crippen LogP contribution in [-0.2, 0) is 0 Å². The minimum Gasteiger partial charge on any atom is -0.355 e. The van der Waals surface area contributed by atoms with Crippen molar-refractivity contribution in [2.45, 2.75) is 32.6 Å². The highest BCUT2D eigenvalue weighted by atomic mass is 15.2. The molecule has 2 aliphatic rings. The van der Waals surface area contributed by atoms with Gasteiger partial charge in [0.2, 0.25) is 0 Å². The summed E-state index contributed by atoms with van der Waals surface area (Å²) in [5.41, 5.74) is 0.598. The molecule has 1 aliphatic heterocycles. The van der Waals surface area contributed by atoms with Crippen LogP contribution >= 0.6 is 0 Å². The second kappa shape index (κ2) is 4.30. The summed E-state index contributed by atoms with van der Waals surface area (Å²) in [6.07, 6.45) is 12.8. The monoisotopic (exact) mass is 269 g/mol. The van der Waals surface area contributed by atoms with Crippen LogP contribution in [0, 0.1) is 12.3 Å². The van der Waals surface area contributed by atoms with Crippen LogP contribution in [0.15, 0.2) is 24.8 Å². The fraction of sp³-hybridized carbons (Fsp3) is 0.533. The van der Waals surface area contributed by atoms with Crippen LogP contribution in [0.3, 0.4) is 0 Å². The van der Waals surface area contributed by atoms with E-state index < -0.39 is 0 Å². The van der Waals surface area contributed by atoms with Gasteiger partial charge >= 0.3 is 0 Å². The van der Waals surface area contributed by atoms with Crippen molar-refractivity contribution in [3.8, 4) is 5.82 Å². The molecule has 1 aliphatic carbocycles. The Morgan fingerprint density at radius 3 is 2.75 bits per heavy atom. The topological polar surface area (TPSA) is 46.8 Å². The minimum absolute atomic E-state index is 0.598. The lowest BCUT2D eigenvalue weighted by Crippen LogP contribution is -2.37. The molecule has 2 aromatic rings. The number of aryl methyl sites for hydroxylation is 1. The van der Waals surface area contributed by atoms with E-state index in [9.17, 15) is 0 Å². The van der Waals surface area contributed by atoms with Crippen LogP contribution in [0.2, 0.25) is 0 Å². The van der Waals surface area contributed by atoms with E-state index >= 15 is 0 Å². The molecule has 0 N–H and O–H groups in total. The maximum absolute atomic E-state index is 4.78. The van der Waals surface area contributed by atoms with Crippen LogP contribution in [-0.4, -0.2) is 32.6 Å². The highest BCUT2D eigenvalue weighted by Crippen LogP contribution is 2.52. The largest absolute Gasteiger partial charge is 0.355 e. The van der Waals surface area contributed by atoms with Crippen molar-refractivity contribution in [2.75, 3.05) is 18.0 Å². The Morgan fingerprint density at radius 2 is 2.00 bits per heavy atom. The Balaban J connectivity index is 1.64. The first-order valence-corrected chi connectivity index (χ1v) is 7.33. The number of aromatic nitrogens is 4.